The summed E-state index contributed by atoms with van der Waals surface area (Å²) in [6, 6.07) is 5.31. The number of nitrogens with zero attached hydrogens (tertiary/aromatic N) is 1. The Bertz CT molecular complexity index is 476. The highest BCUT2D eigenvalue weighted by molar-refractivity contribution is 5.88. The van der Waals surface area contributed by atoms with Crippen LogP contribution in [0.5, 0.6) is 11.5 Å². The molecule has 6 nitrogen and oxygen atoms in total. The van der Waals surface area contributed by atoms with E-state index in [4.69, 9.17) is 19.3 Å². The first-order chi connectivity index (χ1) is 8.78. The van der Waals surface area contributed by atoms with Gasteiger partial charge in [0.15, 0.2) is 11.5 Å². The Hall–Kier alpha value is -1.95. The highest BCUT2D eigenvalue weighted by atomic mass is 16.7. The molecule has 0 aromatic heterocycles. The van der Waals surface area contributed by atoms with E-state index < -0.39 is 12.2 Å². The highest BCUT2D eigenvalue weighted by Crippen LogP contribution is 2.36. The van der Waals surface area contributed by atoms with Crippen LogP contribution in [0, 0.1) is 0 Å². The molecule has 1 N–H and O–H groups in total. The number of anilines is 1. The molecule has 2 heterocycles. The fraction of sp³-hybridized carbons (Fsp3) is 0.417. The maximum atomic E-state index is 11.8. The number of hydrogen-bond donors (Lipinski definition) is 1. The van der Waals surface area contributed by atoms with Crippen LogP contribution in [0.2, 0.25) is 0 Å². The lowest BCUT2D eigenvalue weighted by atomic mass is 10.2. The molecule has 96 valence electrons. The quantitative estimate of drug-likeness (QED) is 0.853. The lowest BCUT2D eigenvalue weighted by Gasteiger charge is -2.30. The minimum absolute atomic E-state index is 0.138. The first kappa shape index (κ1) is 11.2. The SMILES string of the molecule is O=C1OC(CO)CCN1c1ccc2c(c1)OCO2. The molecule has 1 unspecified atom stereocenters. The molecule has 2 aliphatic heterocycles. The lowest BCUT2D eigenvalue weighted by Crippen LogP contribution is -2.43. The second kappa shape index (κ2) is 4.38. The average Bonchev–Trinajstić information content (AvgIpc) is 2.85. The first-order valence-corrected chi connectivity index (χ1v) is 5.76. The lowest BCUT2D eigenvalue weighted by molar-refractivity contribution is 0.0453. The van der Waals surface area contributed by atoms with Gasteiger partial charge in [-0.3, -0.25) is 4.90 Å². The van der Waals surface area contributed by atoms with Crippen molar-refractivity contribution >= 4 is 11.8 Å². The molecule has 18 heavy (non-hydrogen) atoms. The van der Waals surface area contributed by atoms with E-state index in [2.05, 4.69) is 0 Å². The van der Waals surface area contributed by atoms with Crippen LogP contribution < -0.4 is 14.4 Å². The summed E-state index contributed by atoms with van der Waals surface area (Å²) < 4.78 is 15.6. The molecule has 2 aliphatic rings. The van der Waals surface area contributed by atoms with Crippen LogP contribution >= 0.6 is 0 Å². The van der Waals surface area contributed by atoms with Gasteiger partial charge in [-0.2, -0.15) is 0 Å². The fourth-order valence-electron chi connectivity index (χ4n) is 2.05. The van der Waals surface area contributed by atoms with Gasteiger partial charge < -0.3 is 19.3 Å². The third-order valence-corrected chi connectivity index (χ3v) is 3.03. The number of aliphatic hydroxyl groups is 1. The van der Waals surface area contributed by atoms with Crippen molar-refractivity contribution in [2.75, 3.05) is 24.8 Å². The zero-order chi connectivity index (χ0) is 12.5. The predicted octanol–water partition coefficient (Wildman–Crippen LogP) is 1.12. The predicted molar refractivity (Wildman–Crippen MR) is 61.9 cm³/mol. The third kappa shape index (κ3) is 1.84. The zero-order valence-electron chi connectivity index (χ0n) is 9.67. The second-order valence-electron chi connectivity index (χ2n) is 4.17. The molecule has 1 saturated heterocycles. The molecule has 1 fully saturated rings. The number of carbonyl (C=O) groups is 1. The van der Waals surface area contributed by atoms with Gasteiger partial charge in [-0.25, -0.2) is 4.79 Å². The fourth-order valence-corrected chi connectivity index (χ4v) is 2.05. The molecule has 3 rings (SSSR count). The van der Waals surface area contributed by atoms with Gasteiger partial charge in [-0.15, -0.1) is 0 Å². The van der Waals surface area contributed by atoms with Gasteiger partial charge in [-0.05, 0) is 12.1 Å². The van der Waals surface area contributed by atoms with Gasteiger partial charge in [0.25, 0.3) is 0 Å². The normalized spacial score (nSPS) is 21.9. The zero-order valence-corrected chi connectivity index (χ0v) is 9.67. The summed E-state index contributed by atoms with van der Waals surface area (Å²) in [6.45, 7) is 0.584. The number of ether oxygens (including phenoxy) is 3. The van der Waals surface area contributed by atoms with Gasteiger partial charge in [0.2, 0.25) is 6.79 Å². The number of aliphatic hydroxyl groups excluding tert-OH is 1. The number of cyclic esters (lactones) is 1. The second-order valence-corrected chi connectivity index (χ2v) is 4.17. The van der Waals surface area contributed by atoms with Gasteiger partial charge in [-0.1, -0.05) is 0 Å². The van der Waals surface area contributed by atoms with Crippen molar-refractivity contribution < 1.29 is 24.1 Å². The molecule has 0 spiro atoms. The van der Waals surface area contributed by atoms with Crippen molar-refractivity contribution in [2.24, 2.45) is 0 Å². The van der Waals surface area contributed by atoms with Crippen molar-refractivity contribution in [2.45, 2.75) is 12.5 Å². The van der Waals surface area contributed by atoms with E-state index >= 15 is 0 Å². The Morgan fingerprint density at radius 3 is 2.94 bits per heavy atom. The van der Waals surface area contributed by atoms with Crippen molar-refractivity contribution in [1.82, 2.24) is 0 Å². The minimum Gasteiger partial charge on any atom is -0.454 e. The van der Waals surface area contributed by atoms with E-state index in [1.165, 1.54) is 4.90 Å². The third-order valence-electron chi connectivity index (χ3n) is 3.03. The van der Waals surface area contributed by atoms with E-state index in [0.29, 0.717) is 30.2 Å². The summed E-state index contributed by atoms with van der Waals surface area (Å²) in [5.74, 6) is 1.31. The summed E-state index contributed by atoms with van der Waals surface area (Å²) in [5.41, 5.74) is 0.709. The van der Waals surface area contributed by atoms with E-state index in [0.717, 1.165) is 0 Å². The van der Waals surface area contributed by atoms with E-state index in [9.17, 15) is 4.79 Å². The van der Waals surface area contributed by atoms with Crippen LogP contribution in [0.25, 0.3) is 0 Å². The molecule has 0 radical (unpaired) electrons. The van der Waals surface area contributed by atoms with Crippen molar-refractivity contribution in [1.29, 1.82) is 0 Å². The first-order valence-electron chi connectivity index (χ1n) is 5.76. The number of benzene rings is 1. The Morgan fingerprint density at radius 2 is 2.17 bits per heavy atom. The van der Waals surface area contributed by atoms with E-state index in [1.54, 1.807) is 18.2 Å². The number of amides is 1. The van der Waals surface area contributed by atoms with Crippen LogP contribution in [-0.2, 0) is 4.74 Å². The smallest absolute Gasteiger partial charge is 0.414 e. The molecule has 1 amide bonds. The van der Waals surface area contributed by atoms with Gasteiger partial charge in [0.05, 0.1) is 12.3 Å². The maximum Gasteiger partial charge on any atom is 0.414 e. The van der Waals surface area contributed by atoms with Crippen molar-refractivity contribution in [3.05, 3.63) is 18.2 Å². The van der Waals surface area contributed by atoms with Crippen LogP contribution in [0.3, 0.4) is 0 Å². The summed E-state index contributed by atoms with van der Waals surface area (Å²) in [4.78, 5) is 13.3. The maximum absolute atomic E-state index is 11.8. The summed E-state index contributed by atoms with van der Waals surface area (Å²) in [5, 5.41) is 8.96. The van der Waals surface area contributed by atoms with Crippen LogP contribution in [-0.4, -0.2) is 37.2 Å². The van der Waals surface area contributed by atoms with Crippen LogP contribution in [0.15, 0.2) is 18.2 Å². The number of fused-ring (bicyclic) bond motifs is 1. The Kier molecular flexibility index (Phi) is 2.71. The van der Waals surface area contributed by atoms with Crippen LogP contribution in [0.4, 0.5) is 10.5 Å². The average molecular weight is 251 g/mol. The number of rotatable bonds is 2. The monoisotopic (exact) mass is 251 g/mol. The highest BCUT2D eigenvalue weighted by Gasteiger charge is 2.28. The van der Waals surface area contributed by atoms with Gasteiger partial charge in [0.1, 0.15) is 6.10 Å². The molecule has 0 bridgehead atoms. The molecule has 0 aliphatic carbocycles. The Morgan fingerprint density at radius 1 is 1.33 bits per heavy atom. The molecular formula is C12H13NO5. The summed E-state index contributed by atoms with van der Waals surface area (Å²) in [6.07, 6.45) is -0.238. The van der Waals surface area contributed by atoms with E-state index in [-0.39, 0.29) is 13.4 Å². The van der Waals surface area contributed by atoms with Crippen molar-refractivity contribution in [3.63, 3.8) is 0 Å². The Labute approximate surface area is 104 Å². The molecule has 6 heteroatoms. The summed E-state index contributed by atoms with van der Waals surface area (Å²) >= 11 is 0. The molecule has 0 saturated carbocycles. The van der Waals surface area contributed by atoms with E-state index in [1.807, 2.05) is 0 Å². The number of carbonyl (C=O) groups excluding carboxylic acids is 1. The molecular weight excluding hydrogens is 238 g/mol. The Balaban J connectivity index is 1.81. The van der Waals surface area contributed by atoms with Crippen LogP contribution in [0.1, 0.15) is 6.42 Å². The van der Waals surface area contributed by atoms with Gasteiger partial charge >= 0.3 is 6.09 Å². The topological polar surface area (TPSA) is 68.2 Å². The number of hydrogen-bond acceptors (Lipinski definition) is 5. The summed E-state index contributed by atoms with van der Waals surface area (Å²) in [7, 11) is 0. The molecule has 1 aromatic carbocycles. The molecule has 1 aromatic rings. The molecule has 1 atom stereocenters. The standard InChI is InChI=1S/C12H13NO5/c14-6-9-3-4-13(12(15)18-9)8-1-2-10-11(5-8)17-7-16-10/h1-2,5,9,14H,3-4,6-7H2. The minimum atomic E-state index is -0.445. The largest absolute Gasteiger partial charge is 0.454 e. The van der Waals surface area contributed by atoms with Gasteiger partial charge in [0, 0.05) is 19.0 Å². The van der Waals surface area contributed by atoms with Crippen molar-refractivity contribution in [3.8, 4) is 11.5 Å².